The van der Waals surface area contributed by atoms with Crippen LogP contribution in [0.15, 0.2) is 48.5 Å². The second kappa shape index (κ2) is 13.4. The second-order valence-electron chi connectivity index (χ2n) is 7.71. The summed E-state index contributed by atoms with van der Waals surface area (Å²) in [7, 11) is 0. The molecule has 0 unspecified atom stereocenters. The second-order valence-corrected chi connectivity index (χ2v) is 7.71. The number of nitrogens with zero attached hydrogens (tertiary/aromatic N) is 2. The van der Waals surface area contributed by atoms with Crippen LogP contribution in [0.5, 0.6) is 0 Å². The summed E-state index contributed by atoms with van der Waals surface area (Å²) in [5.74, 6) is 6.24. The maximum Gasteiger partial charge on any atom is 0.269 e. The van der Waals surface area contributed by atoms with Gasteiger partial charge in [0, 0.05) is 42.0 Å². The van der Waals surface area contributed by atoms with Crippen LogP contribution in [-0.4, -0.2) is 18.0 Å². The van der Waals surface area contributed by atoms with E-state index in [-0.39, 0.29) is 5.69 Å². The largest absolute Gasteiger partial charge is 0.372 e. The Morgan fingerprint density at radius 2 is 1.20 bits per heavy atom. The van der Waals surface area contributed by atoms with Gasteiger partial charge in [-0.15, -0.1) is 0 Å². The summed E-state index contributed by atoms with van der Waals surface area (Å²) in [5, 5.41) is 10.7. The van der Waals surface area contributed by atoms with Crippen LogP contribution in [0.1, 0.15) is 76.3 Å². The Balaban J connectivity index is 2.01. The lowest BCUT2D eigenvalue weighted by molar-refractivity contribution is -0.384. The number of unbranched alkanes of at least 4 members (excludes halogenated alkanes) is 6. The van der Waals surface area contributed by atoms with E-state index in [2.05, 4.69) is 54.9 Å². The van der Waals surface area contributed by atoms with Crippen molar-refractivity contribution in [2.24, 2.45) is 0 Å². The molecule has 0 fully saturated rings. The minimum atomic E-state index is -0.397. The van der Waals surface area contributed by atoms with Crippen LogP contribution < -0.4 is 4.90 Å². The molecule has 0 amide bonds. The summed E-state index contributed by atoms with van der Waals surface area (Å²) >= 11 is 0. The Hall–Kier alpha value is -2.80. The highest BCUT2D eigenvalue weighted by Gasteiger charge is 2.06. The van der Waals surface area contributed by atoms with Gasteiger partial charge in [-0.25, -0.2) is 0 Å². The fraction of sp³-hybridized carbons (Fsp3) is 0.462. The summed E-state index contributed by atoms with van der Waals surface area (Å²) < 4.78 is 0. The van der Waals surface area contributed by atoms with Crippen LogP contribution in [0.2, 0.25) is 0 Å². The minimum Gasteiger partial charge on any atom is -0.372 e. The fourth-order valence-electron chi connectivity index (χ4n) is 3.40. The van der Waals surface area contributed by atoms with E-state index in [0.29, 0.717) is 0 Å². The number of anilines is 1. The van der Waals surface area contributed by atoms with Crippen LogP contribution in [0.3, 0.4) is 0 Å². The van der Waals surface area contributed by atoms with Crippen LogP contribution in [0.25, 0.3) is 0 Å². The van der Waals surface area contributed by atoms with E-state index < -0.39 is 4.92 Å². The molecule has 0 heterocycles. The molecule has 4 heteroatoms. The molecular weight excluding hydrogens is 372 g/mol. The monoisotopic (exact) mass is 406 g/mol. The van der Waals surface area contributed by atoms with Gasteiger partial charge in [0.1, 0.15) is 0 Å². The minimum absolute atomic E-state index is 0.0860. The molecule has 0 saturated heterocycles. The van der Waals surface area contributed by atoms with Crippen molar-refractivity contribution in [3.05, 3.63) is 69.8 Å². The van der Waals surface area contributed by atoms with E-state index in [1.807, 2.05) is 0 Å². The molecule has 0 atom stereocenters. The summed E-state index contributed by atoms with van der Waals surface area (Å²) in [4.78, 5) is 12.9. The molecule has 0 aliphatic rings. The van der Waals surface area contributed by atoms with Crippen molar-refractivity contribution < 1.29 is 4.92 Å². The molecule has 4 nitrogen and oxygen atoms in total. The summed E-state index contributed by atoms with van der Waals surface area (Å²) in [6.07, 6.45) is 10.2. The SMILES string of the molecule is CCCCCCN(CCCCCC)c1ccc(C#Cc2ccc([N+](=O)[O-])cc2)cc1. The topological polar surface area (TPSA) is 46.4 Å². The van der Waals surface area contributed by atoms with Crippen molar-refractivity contribution in [1.82, 2.24) is 0 Å². The molecule has 0 saturated carbocycles. The Morgan fingerprint density at radius 3 is 1.63 bits per heavy atom. The third-order valence-electron chi connectivity index (χ3n) is 5.22. The van der Waals surface area contributed by atoms with Gasteiger partial charge in [-0.2, -0.15) is 0 Å². The average Bonchev–Trinajstić information content (AvgIpc) is 2.77. The van der Waals surface area contributed by atoms with E-state index in [9.17, 15) is 10.1 Å². The molecule has 2 rings (SSSR count). The normalized spacial score (nSPS) is 10.3. The highest BCUT2D eigenvalue weighted by molar-refractivity contribution is 5.52. The van der Waals surface area contributed by atoms with Gasteiger partial charge < -0.3 is 4.90 Å². The van der Waals surface area contributed by atoms with Crippen LogP contribution in [0, 0.1) is 22.0 Å². The van der Waals surface area contributed by atoms with Crippen LogP contribution in [-0.2, 0) is 0 Å². The maximum absolute atomic E-state index is 10.7. The van der Waals surface area contributed by atoms with Crippen molar-refractivity contribution in [1.29, 1.82) is 0 Å². The van der Waals surface area contributed by atoms with Gasteiger partial charge in [-0.1, -0.05) is 64.2 Å². The molecule has 30 heavy (non-hydrogen) atoms. The number of nitro groups is 1. The van der Waals surface area contributed by atoms with E-state index >= 15 is 0 Å². The van der Waals surface area contributed by atoms with Gasteiger partial charge in [0.25, 0.3) is 5.69 Å². The number of rotatable bonds is 12. The fourth-order valence-corrected chi connectivity index (χ4v) is 3.40. The summed E-state index contributed by atoms with van der Waals surface area (Å²) in [6.45, 7) is 6.72. The Bertz CT molecular complexity index is 805. The van der Waals surface area contributed by atoms with Crippen LogP contribution in [0.4, 0.5) is 11.4 Å². The zero-order chi connectivity index (χ0) is 21.6. The van der Waals surface area contributed by atoms with Gasteiger partial charge in [-0.3, -0.25) is 10.1 Å². The highest BCUT2D eigenvalue weighted by Crippen LogP contribution is 2.18. The molecule has 0 aliphatic carbocycles. The average molecular weight is 407 g/mol. The number of hydrogen-bond donors (Lipinski definition) is 0. The molecule has 2 aromatic carbocycles. The van der Waals surface area contributed by atoms with E-state index in [1.54, 1.807) is 12.1 Å². The first-order valence-corrected chi connectivity index (χ1v) is 11.3. The lowest BCUT2D eigenvalue weighted by Gasteiger charge is -2.25. The van der Waals surface area contributed by atoms with Crippen molar-refractivity contribution in [2.75, 3.05) is 18.0 Å². The van der Waals surface area contributed by atoms with Crippen LogP contribution >= 0.6 is 0 Å². The molecule has 0 aromatic heterocycles. The van der Waals surface area contributed by atoms with Gasteiger partial charge >= 0.3 is 0 Å². The van der Waals surface area contributed by atoms with Crippen molar-refractivity contribution >= 4 is 11.4 Å². The lowest BCUT2D eigenvalue weighted by atomic mass is 10.1. The molecule has 0 radical (unpaired) electrons. The first-order chi connectivity index (χ1) is 14.6. The first-order valence-electron chi connectivity index (χ1n) is 11.3. The summed E-state index contributed by atoms with van der Waals surface area (Å²) in [6, 6.07) is 14.8. The third-order valence-corrected chi connectivity index (χ3v) is 5.22. The maximum atomic E-state index is 10.7. The zero-order valence-electron chi connectivity index (χ0n) is 18.4. The van der Waals surface area contributed by atoms with Crippen molar-refractivity contribution in [2.45, 2.75) is 65.2 Å². The van der Waals surface area contributed by atoms with E-state index in [4.69, 9.17) is 0 Å². The molecule has 0 N–H and O–H groups in total. The molecular formula is C26H34N2O2. The molecule has 0 bridgehead atoms. The lowest BCUT2D eigenvalue weighted by Crippen LogP contribution is -2.25. The van der Waals surface area contributed by atoms with E-state index in [1.165, 1.54) is 69.2 Å². The first kappa shape index (κ1) is 23.5. The predicted octanol–water partition coefficient (Wildman–Crippen LogP) is 6.96. The standard InChI is InChI=1S/C26H34N2O2/c1-3-5-7-9-21-27(22-10-8-6-4-2)25-17-13-23(14-18-25)11-12-24-15-19-26(20-16-24)28(29)30/h13-20H,3-10,21-22H2,1-2H3. The number of nitro benzene ring substituents is 1. The Labute approximate surface area is 181 Å². The van der Waals surface area contributed by atoms with Crippen molar-refractivity contribution in [3.8, 4) is 11.8 Å². The van der Waals surface area contributed by atoms with Gasteiger partial charge in [0.2, 0.25) is 0 Å². The van der Waals surface area contributed by atoms with E-state index in [0.717, 1.165) is 24.2 Å². The van der Waals surface area contributed by atoms with Gasteiger partial charge in [0.15, 0.2) is 0 Å². The molecule has 0 aliphatic heterocycles. The number of non-ortho nitro benzene ring substituents is 1. The zero-order valence-corrected chi connectivity index (χ0v) is 18.4. The molecule has 2 aromatic rings. The van der Waals surface area contributed by atoms with Gasteiger partial charge in [0.05, 0.1) is 4.92 Å². The highest BCUT2D eigenvalue weighted by atomic mass is 16.6. The quantitative estimate of drug-likeness (QED) is 0.166. The summed E-state index contributed by atoms with van der Waals surface area (Å²) in [5.41, 5.74) is 3.08. The van der Waals surface area contributed by atoms with Gasteiger partial charge in [-0.05, 0) is 49.2 Å². The number of hydrogen-bond acceptors (Lipinski definition) is 3. The third kappa shape index (κ3) is 8.29. The smallest absolute Gasteiger partial charge is 0.269 e. The molecule has 160 valence electrons. The Morgan fingerprint density at radius 1 is 0.733 bits per heavy atom. The Kier molecular flexibility index (Phi) is 10.5. The number of benzene rings is 2. The van der Waals surface area contributed by atoms with Crippen molar-refractivity contribution in [3.63, 3.8) is 0 Å². The molecule has 0 spiro atoms. The predicted molar refractivity (Wildman–Crippen MR) is 126 cm³/mol.